The molecule has 0 aliphatic carbocycles. The van der Waals surface area contributed by atoms with Crippen LogP contribution in [0.1, 0.15) is 6.42 Å². The number of aryl methyl sites for hydroxylation is 1. The van der Waals surface area contributed by atoms with Gasteiger partial charge in [-0.1, -0.05) is 11.3 Å². The van der Waals surface area contributed by atoms with Crippen LogP contribution in [0.15, 0.2) is 66.1 Å². The molecular formula is C22H22ClFN4O2S2. The summed E-state index contributed by atoms with van der Waals surface area (Å²) in [7, 11) is 1.63. The number of nitrogens with zero attached hydrogens (tertiary/aromatic N) is 4. The maximum absolute atomic E-state index is 13.1. The van der Waals surface area contributed by atoms with Crippen molar-refractivity contribution in [1.82, 2.24) is 14.5 Å². The van der Waals surface area contributed by atoms with Crippen LogP contribution in [0.4, 0.5) is 9.52 Å². The van der Waals surface area contributed by atoms with Crippen molar-refractivity contribution in [3.8, 4) is 5.75 Å². The van der Waals surface area contributed by atoms with Gasteiger partial charge in [0.1, 0.15) is 11.6 Å². The average Bonchev–Trinajstić information content (AvgIpc) is 3.45. The summed E-state index contributed by atoms with van der Waals surface area (Å²) in [6.45, 7) is 1.30. The normalized spacial score (nSPS) is 10.7. The Hall–Kier alpha value is -2.62. The number of imidazole rings is 1. The van der Waals surface area contributed by atoms with Crippen LogP contribution >= 0.6 is 35.5 Å². The van der Waals surface area contributed by atoms with Crippen molar-refractivity contribution in [2.45, 2.75) is 17.9 Å². The van der Waals surface area contributed by atoms with Crippen LogP contribution in [0.25, 0.3) is 10.2 Å². The highest BCUT2D eigenvalue weighted by Gasteiger charge is 2.20. The second-order valence-corrected chi connectivity index (χ2v) is 8.83. The van der Waals surface area contributed by atoms with E-state index in [9.17, 15) is 9.18 Å². The van der Waals surface area contributed by atoms with Gasteiger partial charge in [-0.05, 0) is 48.9 Å². The molecule has 6 nitrogen and oxygen atoms in total. The molecule has 0 bridgehead atoms. The third kappa shape index (κ3) is 5.99. The van der Waals surface area contributed by atoms with Gasteiger partial charge in [0, 0.05) is 30.4 Å². The van der Waals surface area contributed by atoms with Gasteiger partial charge in [0.15, 0.2) is 5.13 Å². The van der Waals surface area contributed by atoms with Crippen LogP contribution < -0.4 is 9.64 Å². The van der Waals surface area contributed by atoms with Gasteiger partial charge in [0.2, 0.25) is 5.91 Å². The number of benzene rings is 2. The Bertz CT molecular complexity index is 1150. The number of anilines is 1. The lowest BCUT2D eigenvalue weighted by Gasteiger charge is -2.20. The maximum atomic E-state index is 13.1. The van der Waals surface area contributed by atoms with Crippen molar-refractivity contribution in [1.29, 1.82) is 0 Å². The Balaban J connectivity index is 0.00000289. The molecule has 10 heteroatoms. The van der Waals surface area contributed by atoms with Gasteiger partial charge in [-0.3, -0.25) is 9.69 Å². The van der Waals surface area contributed by atoms with E-state index in [0.717, 1.165) is 33.8 Å². The van der Waals surface area contributed by atoms with Crippen LogP contribution in [0.5, 0.6) is 5.75 Å². The molecule has 0 radical (unpaired) electrons. The average molecular weight is 493 g/mol. The second kappa shape index (κ2) is 11.3. The number of thioether (sulfide) groups is 1. The maximum Gasteiger partial charge on any atom is 0.239 e. The van der Waals surface area contributed by atoms with Crippen LogP contribution in [0.2, 0.25) is 0 Å². The smallest absolute Gasteiger partial charge is 0.239 e. The first-order chi connectivity index (χ1) is 15.1. The summed E-state index contributed by atoms with van der Waals surface area (Å²) in [5, 5.41) is 0.665. The summed E-state index contributed by atoms with van der Waals surface area (Å²) >= 11 is 2.86. The Labute approximate surface area is 199 Å². The zero-order valence-electron chi connectivity index (χ0n) is 17.3. The number of methoxy groups -OCH3 is 1. The van der Waals surface area contributed by atoms with Crippen molar-refractivity contribution in [2.24, 2.45) is 0 Å². The number of carbonyl (C=O) groups is 1. The number of rotatable bonds is 9. The third-order valence-corrected chi connectivity index (χ3v) is 6.69. The van der Waals surface area contributed by atoms with E-state index >= 15 is 0 Å². The molecule has 0 aliphatic heterocycles. The fourth-order valence-electron chi connectivity index (χ4n) is 3.05. The number of fused-ring (bicyclic) bond motifs is 1. The summed E-state index contributed by atoms with van der Waals surface area (Å²) < 4.78 is 21.4. The molecule has 2 aromatic carbocycles. The molecule has 0 saturated heterocycles. The number of ether oxygens (including phenoxy) is 1. The first-order valence-corrected chi connectivity index (χ1v) is 11.5. The monoisotopic (exact) mass is 492 g/mol. The summed E-state index contributed by atoms with van der Waals surface area (Å²) in [6.07, 6.45) is 6.17. The lowest BCUT2D eigenvalue weighted by Crippen LogP contribution is -2.33. The van der Waals surface area contributed by atoms with Gasteiger partial charge in [0.05, 0.1) is 29.4 Å². The molecule has 32 heavy (non-hydrogen) atoms. The number of halogens is 2. The number of hydrogen-bond donors (Lipinski definition) is 0. The fraction of sp³-hybridized carbons (Fsp3) is 0.227. The van der Waals surface area contributed by atoms with Gasteiger partial charge in [-0.2, -0.15) is 0 Å². The van der Waals surface area contributed by atoms with Crippen molar-refractivity contribution >= 4 is 56.8 Å². The Morgan fingerprint density at radius 3 is 2.78 bits per heavy atom. The molecule has 0 atom stereocenters. The van der Waals surface area contributed by atoms with E-state index in [0.29, 0.717) is 11.7 Å². The lowest BCUT2D eigenvalue weighted by molar-refractivity contribution is -0.116. The lowest BCUT2D eigenvalue weighted by atomic mass is 10.3. The van der Waals surface area contributed by atoms with Crippen LogP contribution in [0, 0.1) is 5.82 Å². The van der Waals surface area contributed by atoms with E-state index in [1.165, 1.54) is 35.2 Å². The number of amides is 1. The molecule has 0 fully saturated rings. The van der Waals surface area contributed by atoms with Crippen LogP contribution in [0.3, 0.4) is 0 Å². The summed E-state index contributed by atoms with van der Waals surface area (Å²) in [5.74, 6) is 0.677. The summed E-state index contributed by atoms with van der Waals surface area (Å²) in [5.41, 5.74) is 0.833. The predicted octanol–water partition coefficient (Wildman–Crippen LogP) is 5.28. The minimum Gasteiger partial charge on any atom is -0.497 e. The highest BCUT2D eigenvalue weighted by atomic mass is 35.5. The number of hydrogen-bond acceptors (Lipinski definition) is 6. The second-order valence-electron chi connectivity index (χ2n) is 6.77. The molecule has 1 amide bonds. The van der Waals surface area contributed by atoms with E-state index in [1.807, 2.05) is 29.0 Å². The highest BCUT2D eigenvalue weighted by molar-refractivity contribution is 8.00. The van der Waals surface area contributed by atoms with Crippen molar-refractivity contribution < 1.29 is 13.9 Å². The SMILES string of the molecule is COc1ccc2nc(N(CCCn3ccnc3)C(=O)CSc3ccc(F)cc3)sc2c1.Cl. The highest BCUT2D eigenvalue weighted by Crippen LogP contribution is 2.32. The van der Waals surface area contributed by atoms with E-state index in [4.69, 9.17) is 4.74 Å². The first-order valence-electron chi connectivity index (χ1n) is 9.71. The van der Waals surface area contributed by atoms with Crippen molar-refractivity contribution in [2.75, 3.05) is 24.3 Å². The number of carbonyl (C=O) groups excluding carboxylic acids is 1. The first kappa shape index (κ1) is 24.0. The topological polar surface area (TPSA) is 60.2 Å². The molecule has 0 spiro atoms. The molecule has 168 valence electrons. The van der Waals surface area contributed by atoms with E-state index < -0.39 is 0 Å². The zero-order chi connectivity index (χ0) is 21.6. The van der Waals surface area contributed by atoms with Gasteiger partial charge in [-0.15, -0.1) is 24.2 Å². The zero-order valence-corrected chi connectivity index (χ0v) is 19.8. The van der Waals surface area contributed by atoms with Crippen LogP contribution in [-0.2, 0) is 11.3 Å². The fourth-order valence-corrected chi connectivity index (χ4v) is 4.86. The van der Waals surface area contributed by atoms with Crippen molar-refractivity contribution in [3.63, 3.8) is 0 Å². The summed E-state index contributed by atoms with van der Waals surface area (Å²) in [6, 6.07) is 11.9. The molecule has 2 aromatic heterocycles. The minimum absolute atomic E-state index is 0. The Morgan fingerprint density at radius 1 is 1.25 bits per heavy atom. The van der Waals surface area contributed by atoms with E-state index in [2.05, 4.69) is 9.97 Å². The molecule has 4 rings (SSSR count). The molecular weight excluding hydrogens is 471 g/mol. The van der Waals surface area contributed by atoms with E-state index in [1.54, 1.807) is 36.7 Å². The quantitative estimate of drug-likeness (QED) is 0.297. The molecule has 4 aromatic rings. The van der Waals surface area contributed by atoms with E-state index in [-0.39, 0.29) is 29.9 Å². The van der Waals surface area contributed by atoms with Crippen molar-refractivity contribution in [3.05, 3.63) is 67.0 Å². The Morgan fingerprint density at radius 2 is 2.06 bits per heavy atom. The molecule has 0 aliphatic rings. The van der Waals surface area contributed by atoms with Gasteiger partial charge in [0.25, 0.3) is 0 Å². The largest absolute Gasteiger partial charge is 0.497 e. The van der Waals surface area contributed by atoms with Gasteiger partial charge < -0.3 is 9.30 Å². The van der Waals surface area contributed by atoms with Gasteiger partial charge >= 0.3 is 0 Å². The van der Waals surface area contributed by atoms with Crippen LogP contribution in [-0.4, -0.2) is 39.8 Å². The Kier molecular flexibility index (Phi) is 8.49. The molecule has 0 N–H and O–H groups in total. The number of thiazole rings is 1. The summed E-state index contributed by atoms with van der Waals surface area (Å²) in [4.78, 5) is 24.5. The third-order valence-electron chi connectivity index (χ3n) is 4.65. The standard InChI is InChI=1S/C22H21FN4O2S2.ClH/c1-29-17-5-8-19-20(13-17)31-22(25-19)27(11-2-10-26-12-9-24-15-26)21(28)14-30-18-6-3-16(23)4-7-18;/h3-9,12-13,15H,2,10-11,14H2,1H3;1H. The molecule has 0 unspecified atom stereocenters. The minimum atomic E-state index is -0.290. The predicted molar refractivity (Wildman–Crippen MR) is 130 cm³/mol. The van der Waals surface area contributed by atoms with Gasteiger partial charge in [-0.25, -0.2) is 14.4 Å². The molecule has 2 heterocycles. The number of aromatic nitrogens is 3. The molecule has 0 saturated carbocycles.